The average Bonchev–Trinajstić information content (AvgIpc) is 2.50. The van der Waals surface area contributed by atoms with Gasteiger partial charge in [0, 0.05) is 23.1 Å². The molecule has 4 nitrogen and oxygen atoms in total. The maximum Gasteiger partial charge on any atom is 0.228 e. The van der Waals surface area contributed by atoms with E-state index in [-0.39, 0.29) is 23.2 Å². The molecular weight excluding hydrogens is 268 g/mol. The first-order chi connectivity index (χ1) is 10.1. The lowest BCUT2D eigenvalue weighted by Gasteiger charge is -2.33. The Morgan fingerprint density at radius 3 is 2.52 bits per heavy atom. The number of hydrogen-bond donors (Lipinski definition) is 1. The van der Waals surface area contributed by atoms with Crippen molar-refractivity contribution in [2.75, 3.05) is 0 Å². The van der Waals surface area contributed by atoms with E-state index < -0.39 is 6.29 Å². The van der Waals surface area contributed by atoms with Gasteiger partial charge in [0.05, 0.1) is 0 Å². The summed E-state index contributed by atoms with van der Waals surface area (Å²) in [6, 6.07) is 6.80. The number of carbonyl (C=O) groups excluding carboxylic acids is 2. The minimum Gasteiger partial charge on any atom is -0.461 e. The number of aliphatic hydroxyl groups excluding tert-OH is 1. The monoisotopic (exact) mass is 286 g/mol. The molecule has 0 radical (unpaired) electrons. The predicted molar refractivity (Wildman–Crippen MR) is 76.9 cm³/mol. The van der Waals surface area contributed by atoms with Crippen LogP contribution in [0.15, 0.2) is 35.6 Å². The normalized spacial score (nSPS) is 24.5. The third-order valence-electron chi connectivity index (χ3n) is 4.17. The predicted octanol–water partition coefficient (Wildman–Crippen LogP) is 2.86. The van der Waals surface area contributed by atoms with Gasteiger partial charge in [0.1, 0.15) is 0 Å². The Balaban J connectivity index is 2.07. The van der Waals surface area contributed by atoms with Crippen LogP contribution in [0, 0.1) is 5.92 Å². The fourth-order valence-electron chi connectivity index (χ4n) is 3.12. The van der Waals surface area contributed by atoms with Crippen LogP contribution >= 0.6 is 0 Å². The van der Waals surface area contributed by atoms with Crippen LogP contribution in [-0.2, 0) is 4.74 Å². The second-order valence-corrected chi connectivity index (χ2v) is 5.59. The van der Waals surface area contributed by atoms with Gasteiger partial charge in [-0.3, -0.25) is 9.59 Å². The molecule has 1 aliphatic heterocycles. The molecule has 110 valence electrons. The Hall–Kier alpha value is -1.94. The van der Waals surface area contributed by atoms with Crippen LogP contribution in [0.2, 0.25) is 0 Å². The molecule has 0 amide bonds. The van der Waals surface area contributed by atoms with Crippen molar-refractivity contribution in [3.63, 3.8) is 0 Å². The fourth-order valence-corrected chi connectivity index (χ4v) is 3.12. The summed E-state index contributed by atoms with van der Waals surface area (Å²) in [4.78, 5) is 25.2. The van der Waals surface area contributed by atoms with Crippen LogP contribution in [0.4, 0.5) is 0 Å². The summed E-state index contributed by atoms with van der Waals surface area (Å²) in [5.74, 6) is -0.472. The molecule has 0 bridgehead atoms. The summed E-state index contributed by atoms with van der Waals surface area (Å²) in [6.45, 7) is 2.08. The molecule has 1 aromatic rings. The highest BCUT2D eigenvalue weighted by Crippen LogP contribution is 2.39. The number of rotatable bonds is 3. The van der Waals surface area contributed by atoms with E-state index in [1.165, 1.54) is 0 Å². The lowest BCUT2D eigenvalue weighted by molar-refractivity contribution is -0.0866. The van der Waals surface area contributed by atoms with E-state index in [1.807, 2.05) is 0 Å². The summed E-state index contributed by atoms with van der Waals surface area (Å²) < 4.78 is 5.30. The molecule has 21 heavy (non-hydrogen) atoms. The highest BCUT2D eigenvalue weighted by atomic mass is 16.6. The van der Waals surface area contributed by atoms with Gasteiger partial charge >= 0.3 is 0 Å². The molecule has 1 N–H and O–H groups in total. The van der Waals surface area contributed by atoms with Gasteiger partial charge in [0.15, 0.2) is 17.8 Å². The SMILES string of the molecule is CCCC[C@@H]1CC(O)OC2=C1C(=O)c1ccccc1C2=O. The van der Waals surface area contributed by atoms with Gasteiger partial charge in [-0.1, -0.05) is 44.0 Å². The summed E-state index contributed by atoms with van der Waals surface area (Å²) in [5.41, 5.74) is 1.27. The van der Waals surface area contributed by atoms with Crippen molar-refractivity contribution in [3.05, 3.63) is 46.7 Å². The average molecular weight is 286 g/mol. The van der Waals surface area contributed by atoms with Gasteiger partial charge in [-0.25, -0.2) is 0 Å². The molecule has 0 fully saturated rings. The minimum absolute atomic E-state index is 0.0542. The van der Waals surface area contributed by atoms with Gasteiger partial charge in [-0.2, -0.15) is 0 Å². The summed E-state index contributed by atoms with van der Waals surface area (Å²) in [5, 5.41) is 9.85. The van der Waals surface area contributed by atoms with Crippen molar-refractivity contribution in [2.45, 2.75) is 38.9 Å². The molecular formula is C17H18O4. The lowest BCUT2D eigenvalue weighted by atomic mass is 9.78. The van der Waals surface area contributed by atoms with Crippen molar-refractivity contribution in [1.29, 1.82) is 0 Å². The molecule has 1 aromatic carbocycles. The molecule has 0 saturated heterocycles. The van der Waals surface area contributed by atoms with Crippen molar-refractivity contribution in [1.82, 2.24) is 0 Å². The zero-order valence-corrected chi connectivity index (χ0v) is 12.0. The van der Waals surface area contributed by atoms with Crippen LogP contribution in [0.25, 0.3) is 0 Å². The number of benzene rings is 1. The second-order valence-electron chi connectivity index (χ2n) is 5.59. The number of ether oxygens (including phenoxy) is 1. The van der Waals surface area contributed by atoms with E-state index in [2.05, 4.69) is 6.92 Å². The standard InChI is InChI=1S/C17H18O4/c1-2-3-6-10-9-13(18)21-17-14(10)15(19)11-7-4-5-8-12(11)16(17)20/h4-5,7-8,10,13,18H,2-3,6,9H2,1H3/t10-,13?/m1/s1. The van der Waals surface area contributed by atoms with Gasteiger partial charge in [0.25, 0.3) is 0 Å². The quantitative estimate of drug-likeness (QED) is 0.928. The van der Waals surface area contributed by atoms with Crippen LogP contribution in [0.3, 0.4) is 0 Å². The fraction of sp³-hybridized carbons (Fsp3) is 0.412. The van der Waals surface area contributed by atoms with E-state index >= 15 is 0 Å². The molecule has 0 saturated carbocycles. The molecule has 2 aliphatic rings. The molecule has 0 aromatic heterocycles. The molecule has 3 rings (SSSR count). The van der Waals surface area contributed by atoms with Gasteiger partial charge in [-0.15, -0.1) is 0 Å². The molecule has 1 heterocycles. The number of carbonyl (C=O) groups is 2. The zero-order valence-electron chi connectivity index (χ0n) is 12.0. The van der Waals surface area contributed by atoms with Crippen LogP contribution < -0.4 is 0 Å². The lowest BCUT2D eigenvalue weighted by Crippen LogP contribution is -2.35. The maximum atomic E-state index is 12.7. The smallest absolute Gasteiger partial charge is 0.228 e. The first-order valence-electron chi connectivity index (χ1n) is 7.40. The van der Waals surface area contributed by atoms with E-state index in [4.69, 9.17) is 4.74 Å². The first-order valence-corrected chi connectivity index (χ1v) is 7.40. The number of ketones is 2. The van der Waals surface area contributed by atoms with Crippen LogP contribution in [0.5, 0.6) is 0 Å². The zero-order chi connectivity index (χ0) is 15.0. The van der Waals surface area contributed by atoms with E-state index in [0.29, 0.717) is 23.1 Å². The Bertz CT molecular complexity index is 629. The Morgan fingerprint density at radius 1 is 1.19 bits per heavy atom. The summed E-state index contributed by atoms with van der Waals surface area (Å²) >= 11 is 0. The van der Waals surface area contributed by atoms with Gasteiger partial charge < -0.3 is 9.84 Å². The van der Waals surface area contributed by atoms with Crippen molar-refractivity contribution >= 4 is 11.6 Å². The van der Waals surface area contributed by atoms with E-state index in [1.54, 1.807) is 24.3 Å². The summed E-state index contributed by atoms with van der Waals surface area (Å²) in [7, 11) is 0. The number of unbranched alkanes of at least 4 members (excludes halogenated alkanes) is 1. The molecule has 1 unspecified atom stereocenters. The number of allylic oxidation sites excluding steroid dienone is 2. The Labute approximate surface area is 123 Å². The number of Topliss-reactive ketones (excluding diaryl/α,β-unsaturated/α-hetero) is 2. The molecule has 2 atom stereocenters. The number of fused-ring (bicyclic) bond motifs is 1. The molecule has 0 spiro atoms. The van der Waals surface area contributed by atoms with Crippen molar-refractivity contribution in [2.24, 2.45) is 5.92 Å². The Morgan fingerprint density at radius 2 is 1.86 bits per heavy atom. The molecule has 4 heteroatoms. The van der Waals surface area contributed by atoms with Gasteiger partial charge in [-0.05, 0) is 12.3 Å². The molecule has 1 aliphatic carbocycles. The summed E-state index contributed by atoms with van der Waals surface area (Å²) in [6.07, 6.45) is 2.12. The van der Waals surface area contributed by atoms with E-state index in [9.17, 15) is 14.7 Å². The van der Waals surface area contributed by atoms with Crippen molar-refractivity contribution in [3.8, 4) is 0 Å². The third kappa shape index (κ3) is 2.29. The maximum absolute atomic E-state index is 12.7. The second kappa shape index (κ2) is 5.45. The highest BCUT2D eigenvalue weighted by molar-refractivity contribution is 6.26. The van der Waals surface area contributed by atoms with Crippen LogP contribution in [-0.4, -0.2) is 23.0 Å². The van der Waals surface area contributed by atoms with Crippen LogP contribution in [0.1, 0.15) is 53.3 Å². The largest absolute Gasteiger partial charge is 0.461 e. The topological polar surface area (TPSA) is 63.6 Å². The minimum atomic E-state index is -1.01. The number of aliphatic hydroxyl groups is 1. The van der Waals surface area contributed by atoms with Gasteiger partial charge in [0.2, 0.25) is 5.78 Å². The van der Waals surface area contributed by atoms with E-state index in [0.717, 1.165) is 19.3 Å². The highest BCUT2D eigenvalue weighted by Gasteiger charge is 2.41. The first kappa shape index (κ1) is 14.0. The van der Waals surface area contributed by atoms with Crippen molar-refractivity contribution < 1.29 is 19.4 Å². The third-order valence-corrected chi connectivity index (χ3v) is 4.17. The Kier molecular flexibility index (Phi) is 3.64. The number of hydrogen-bond acceptors (Lipinski definition) is 4.